The first-order chi connectivity index (χ1) is 9.15. The molecular formula is C15H20N2O2. The largest absolute Gasteiger partial charge is 0.458 e. The van der Waals surface area contributed by atoms with Crippen molar-refractivity contribution < 1.29 is 9.53 Å². The van der Waals surface area contributed by atoms with E-state index in [0.717, 1.165) is 38.9 Å². The zero-order chi connectivity index (χ0) is 13.3. The summed E-state index contributed by atoms with van der Waals surface area (Å²) in [6, 6.07) is 2.18. The summed E-state index contributed by atoms with van der Waals surface area (Å²) in [5.74, 6) is -0.0286. The molecule has 1 unspecified atom stereocenters. The number of rotatable bonds is 2. The molecule has 102 valence electrons. The minimum absolute atomic E-state index is 0.0286. The molecule has 0 amide bonds. The van der Waals surface area contributed by atoms with E-state index in [1.54, 1.807) is 0 Å². The van der Waals surface area contributed by atoms with E-state index >= 15 is 0 Å². The molecule has 1 aromatic rings. The second kappa shape index (κ2) is 4.93. The van der Waals surface area contributed by atoms with Gasteiger partial charge in [-0.1, -0.05) is 6.07 Å². The van der Waals surface area contributed by atoms with Crippen molar-refractivity contribution >= 4 is 5.97 Å². The van der Waals surface area contributed by atoms with Crippen LogP contribution in [0.15, 0.2) is 18.5 Å². The zero-order valence-electron chi connectivity index (χ0n) is 11.4. The fourth-order valence-electron chi connectivity index (χ4n) is 3.25. The third-order valence-electron chi connectivity index (χ3n) is 4.07. The average molecular weight is 260 g/mol. The minimum Gasteiger partial charge on any atom is -0.458 e. The third-order valence-corrected chi connectivity index (χ3v) is 4.07. The lowest BCUT2D eigenvalue weighted by molar-refractivity contribution is -0.152. The molecule has 0 aliphatic carbocycles. The number of hydrogen-bond donors (Lipinski definition) is 0. The number of aryl methyl sites for hydroxylation is 1. The van der Waals surface area contributed by atoms with Crippen molar-refractivity contribution in [2.24, 2.45) is 0 Å². The smallest absolute Gasteiger partial charge is 0.306 e. The molecule has 2 aliphatic rings. The Balaban J connectivity index is 1.67. The molecule has 0 saturated carbocycles. The van der Waals surface area contributed by atoms with Crippen molar-refractivity contribution in [2.45, 2.75) is 44.8 Å². The van der Waals surface area contributed by atoms with E-state index in [1.807, 2.05) is 12.4 Å². The number of piperidine rings is 1. The Kier molecular flexibility index (Phi) is 3.27. The number of pyridine rings is 1. The fourth-order valence-corrected chi connectivity index (χ4v) is 3.25. The van der Waals surface area contributed by atoms with Crippen LogP contribution in [0.3, 0.4) is 0 Å². The van der Waals surface area contributed by atoms with Gasteiger partial charge in [0.05, 0.1) is 0 Å². The van der Waals surface area contributed by atoms with Gasteiger partial charge in [0.2, 0.25) is 0 Å². The Morgan fingerprint density at radius 3 is 3.05 bits per heavy atom. The van der Waals surface area contributed by atoms with Gasteiger partial charge in [0.25, 0.3) is 0 Å². The summed E-state index contributed by atoms with van der Waals surface area (Å²) in [6.07, 6.45) is 7.39. The van der Waals surface area contributed by atoms with Gasteiger partial charge in [-0.15, -0.1) is 0 Å². The highest BCUT2D eigenvalue weighted by Gasteiger charge is 2.43. The first-order valence-corrected chi connectivity index (χ1v) is 7.00. The van der Waals surface area contributed by atoms with Crippen LogP contribution in [0.2, 0.25) is 0 Å². The third kappa shape index (κ3) is 2.78. The van der Waals surface area contributed by atoms with Gasteiger partial charge in [-0.2, -0.15) is 0 Å². The molecule has 3 rings (SSSR count). The van der Waals surface area contributed by atoms with Gasteiger partial charge in [0.15, 0.2) is 0 Å². The molecular weight excluding hydrogens is 240 g/mol. The quantitative estimate of drug-likeness (QED) is 0.763. The molecule has 0 N–H and O–H groups in total. The minimum atomic E-state index is -0.202. The second-order valence-electron chi connectivity index (χ2n) is 5.84. The molecule has 4 heteroatoms. The van der Waals surface area contributed by atoms with Crippen LogP contribution in [0, 0.1) is 6.92 Å². The molecule has 0 aromatic carbocycles. The molecule has 3 heterocycles. The highest BCUT2D eigenvalue weighted by molar-refractivity contribution is 5.72. The van der Waals surface area contributed by atoms with Gasteiger partial charge in [0, 0.05) is 31.9 Å². The van der Waals surface area contributed by atoms with E-state index in [-0.39, 0.29) is 11.6 Å². The van der Waals surface area contributed by atoms with Crippen molar-refractivity contribution in [1.82, 2.24) is 9.88 Å². The van der Waals surface area contributed by atoms with Crippen LogP contribution < -0.4 is 0 Å². The summed E-state index contributed by atoms with van der Waals surface area (Å²) in [7, 11) is 0. The van der Waals surface area contributed by atoms with Crippen LogP contribution >= 0.6 is 0 Å². The SMILES string of the molecule is Cc1cncc(CN2CCCC3(CCC(=O)O3)C2)c1. The molecule has 1 spiro atoms. The molecule has 2 fully saturated rings. The van der Waals surface area contributed by atoms with Gasteiger partial charge in [-0.3, -0.25) is 14.7 Å². The predicted molar refractivity (Wildman–Crippen MR) is 71.5 cm³/mol. The number of likely N-dealkylation sites (tertiary alicyclic amines) is 1. The molecule has 19 heavy (non-hydrogen) atoms. The summed E-state index contributed by atoms with van der Waals surface area (Å²) < 4.78 is 5.59. The van der Waals surface area contributed by atoms with Crippen LogP contribution in [-0.2, 0) is 16.1 Å². The number of hydrogen-bond acceptors (Lipinski definition) is 4. The maximum absolute atomic E-state index is 11.4. The number of carbonyl (C=O) groups excluding carboxylic acids is 1. The van der Waals surface area contributed by atoms with Gasteiger partial charge in [0.1, 0.15) is 5.60 Å². The Morgan fingerprint density at radius 1 is 1.42 bits per heavy atom. The Morgan fingerprint density at radius 2 is 2.32 bits per heavy atom. The average Bonchev–Trinajstić information content (AvgIpc) is 2.70. The highest BCUT2D eigenvalue weighted by Crippen LogP contribution is 2.35. The van der Waals surface area contributed by atoms with Crippen LogP contribution in [-0.4, -0.2) is 34.5 Å². The Labute approximate surface area is 113 Å². The van der Waals surface area contributed by atoms with E-state index in [9.17, 15) is 4.79 Å². The van der Waals surface area contributed by atoms with Gasteiger partial charge >= 0.3 is 5.97 Å². The topological polar surface area (TPSA) is 42.4 Å². The van der Waals surface area contributed by atoms with Gasteiger partial charge in [-0.05, 0) is 43.9 Å². The van der Waals surface area contributed by atoms with E-state index in [4.69, 9.17) is 4.74 Å². The lowest BCUT2D eigenvalue weighted by Gasteiger charge is -2.39. The number of esters is 1. The monoisotopic (exact) mass is 260 g/mol. The fraction of sp³-hybridized carbons (Fsp3) is 0.600. The van der Waals surface area contributed by atoms with Crippen LogP contribution in [0.4, 0.5) is 0 Å². The molecule has 1 atom stereocenters. The van der Waals surface area contributed by atoms with E-state index in [2.05, 4.69) is 22.9 Å². The molecule has 1 aromatic heterocycles. The summed E-state index contributed by atoms with van der Waals surface area (Å²) >= 11 is 0. The molecule has 0 radical (unpaired) electrons. The number of carbonyl (C=O) groups is 1. The predicted octanol–water partition coefficient (Wildman–Crippen LogP) is 2.06. The maximum Gasteiger partial charge on any atom is 0.306 e. The maximum atomic E-state index is 11.4. The van der Waals surface area contributed by atoms with E-state index in [1.165, 1.54) is 11.1 Å². The standard InChI is InChI=1S/C15H20N2O2/c1-12-7-13(9-16-8-12)10-17-6-2-4-15(11-17)5-3-14(18)19-15/h7-9H,2-6,10-11H2,1H3. The van der Waals surface area contributed by atoms with Crippen molar-refractivity contribution in [1.29, 1.82) is 0 Å². The van der Waals surface area contributed by atoms with E-state index in [0.29, 0.717) is 6.42 Å². The lowest BCUT2D eigenvalue weighted by atomic mass is 9.90. The summed E-state index contributed by atoms with van der Waals surface area (Å²) in [5.41, 5.74) is 2.23. The normalized spacial score (nSPS) is 27.7. The molecule has 2 aliphatic heterocycles. The number of ether oxygens (including phenoxy) is 1. The van der Waals surface area contributed by atoms with Gasteiger partial charge < -0.3 is 4.74 Å². The lowest BCUT2D eigenvalue weighted by Crippen LogP contribution is -2.47. The van der Waals surface area contributed by atoms with Crippen molar-refractivity contribution in [3.8, 4) is 0 Å². The first kappa shape index (κ1) is 12.6. The molecule has 0 bridgehead atoms. The number of aromatic nitrogens is 1. The zero-order valence-corrected chi connectivity index (χ0v) is 11.4. The van der Waals surface area contributed by atoms with Crippen molar-refractivity contribution in [3.63, 3.8) is 0 Å². The highest BCUT2D eigenvalue weighted by atomic mass is 16.6. The summed E-state index contributed by atoms with van der Waals surface area (Å²) in [4.78, 5) is 18.0. The van der Waals surface area contributed by atoms with Crippen LogP contribution in [0.5, 0.6) is 0 Å². The Hall–Kier alpha value is -1.42. The van der Waals surface area contributed by atoms with Gasteiger partial charge in [-0.25, -0.2) is 0 Å². The molecule has 2 saturated heterocycles. The van der Waals surface area contributed by atoms with E-state index < -0.39 is 0 Å². The Bertz CT molecular complexity index is 489. The second-order valence-corrected chi connectivity index (χ2v) is 5.84. The number of nitrogens with zero attached hydrogens (tertiary/aromatic N) is 2. The first-order valence-electron chi connectivity index (χ1n) is 7.00. The van der Waals surface area contributed by atoms with Crippen molar-refractivity contribution in [3.05, 3.63) is 29.6 Å². The molecule has 4 nitrogen and oxygen atoms in total. The summed E-state index contributed by atoms with van der Waals surface area (Å²) in [6.45, 7) is 4.90. The van der Waals surface area contributed by atoms with Crippen LogP contribution in [0.25, 0.3) is 0 Å². The van der Waals surface area contributed by atoms with Crippen LogP contribution in [0.1, 0.15) is 36.8 Å². The summed E-state index contributed by atoms with van der Waals surface area (Å²) in [5, 5.41) is 0. The van der Waals surface area contributed by atoms with Crippen molar-refractivity contribution in [2.75, 3.05) is 13.1 Å².